The summed E-state index contributed by atoms with van der Waals surface area (Å²) in [5.41, 5.74) is 1.28. The maximum absolute atomic E-state index is 13.5. The second-order valence-corrected chi connectivity index (χ2v) is 3.96. The van der Waals surface area contributed by atoms with Crippen LogP contribution in [-0.4, -0.2) is 11.5 Å². The minimum Gasteiger partial charge on any atom is -0.370 e. The molecule has 0 atom stereocenters. The second-order valence-electron chi connectivity index (χ2n) is 3.96. The summed E-state index contributed by atoms with van der Waals surface area (Å²) < 4.78 is 13.5. The van der Waals surface area contributed by atoms with Gasteiger partial charge in [0.2, 0.25) is 0 Å². The van der Waals surface area contributed by atoms with Gasteiger partial charge in [-0.05, 0) is 24.6 Å². The minimum absolute atomic E-state index is 0.266. The van der Waals surface area contributed by atoms with E-state index in [9.17, 15) is 4.39 Å². The average Bonchev–Trinajstić information content (AvgIpc) is 2.40. The van der Waals surface area contributed by atoms with E-state index in [1.165, 1.54) is 6.07 Å². The number of benzene rings is 1. The molecule has 94 valence electrons. The number of pyridine rings is 1. The molecular weight excluding hydrogens is 229 g/mol. The van der Waals surface area contributed by atoms with Gasteiger partial charge < -0.3 is 10.6 Å². The standard InChI is InChI=1S/C14H16FN3/c1-2-8-16-14-10-11(7-9-17-14)18-13-6-4-3-5-12(13)15/h3-7,9-10H,2,8H2,1H3,(H2,16,17,18). The summed E-state index contributed by atoms with van der Waals surface area (Å²) in [5, 5.41) is 6.22. The van der Waals surface area contributed by atoms with E-state index in [0.717, 1.165) is 24.5 Å². The number of nitrogens with zero attached hydrogens (tertiary/aromatic N) is 1. The van der Waals surface area contributed by atoms with E-state index < -0.39 is 0 Å². The third-order valence-corrected chi connectivity index (χ3v) is 2.47. The molecule has 2 N–H and O–H groups in total. The van der Waals surface area contributed by atoms with Crippen molar-refractivity contribution in [3.05, 3.63) is 48.4 Å². The molecule has 1 heterocycles. The SMILES string of the molecule is CCCNc1cc(Nc2ccccc2F)ccn1. The number of rotatable bonds is 5. The number of halogens is 1. The molecule has 0 spiro atoms. The topological polar surface area (TPSA) is 37.0 Å². The number of nitrogens with one attached hydrogen (secondary N) is 2. The Kier molecular flexibility index (Phi) is 4.12. The summed E-state index contributed by atoms with van der Waals surface area (Å²) in [6, 6.07) is 10.3. The molecule has 0 saturated carbocycles. The van der Waals surface area contributed by atoms with E-state index in [4.69, 9.17) is 0 Å². The highest BCUT2D eigenvalue weighted by atomic mass is 19.1. The summed E-state index contributed by atoms with van der Waals surface area (Å²) in [6.45, 7) is 2.96. The minimum atomic E-state index is -0.266. The van der Waals surface area contributed by atoms with Crippen LogP contribution in [0.4, 0.5) is 21.6 Å². The van der Waals surface area contributed by atoms with Crippen LogP contribution in [0, 0.1) is 5.82 Å². The van der Waals surface area contributed by atoms with Gasteiger partial charge >= 0.3 is 0 Å². The van der Waals surface area contributed by atoms with Crippen LogP contribution in [0.3, 0.4) is 0 Å². The normalized spacial score (nSPS) is 10.1. The van der Waals surface area contributed by atoms with Gasteiger partial charge in [0, 0.05) is 24.5 Å². The maximum Gasteiger partial charge on any atom is 0.146 e. The van der Waals surface area contributed by atoms with Crippen LogP contribution in [0.5, 0.6) is 0 Å². The van der Waals surface area contributed by atoms with Crippen LogP contribution in [0.1, 0.15) is 13.3 Å². The van der Waals surface area contributed by atoms with E-state index in [-0.39, 0.29) is 5.82 Å². The predicted octanol–water partition coefficient (Wildman–Crippen LogP) is 3.79. The van der Waals surface area contributed by atoms with Crippen molar-refractivity contribution in [2.75, 3.05) is 17.2 Å². The highest BCUT2D eigenvalue weighted by molar-refractivity contribution is 5.62. The quantitative estimate of drug-likeness (QED) is 0.841. The first-order chi connectivity index (χ1) is 8.79. The van der Waals surface area contributed by atoms with Gasteiger partial charge in [0.1, 0.15) is 11.6 Å². The van der Waals surface area contributed by atoms with Crippen LogP contribution >= 0.6 is 0 Å². The fourth-order valence-electron chi connectivity index (χ4n) is 1.58. The number of hydrogen-bond acceptors (Lipinski definition) is 3. The van der Waals surface area contributed by atoms with Crippen molar-refractivity contribution in [1.82, 2.24) is 4.98 Å². The van der Waals surface area contributed by atoms with Crippen molar-refractivity contribution < 1.29 is 4.39 Å². The zero-order valence-corrected chi connectivity index (χ0v) is 10.3. The fourth-order valence-corrected chi connectivity index (χ4v) is 1.58. The van der Waals surface area contributed by atoms with Crippen molar-refractivity contribution in [3.63, 3.8) is 0 Å². The Balaban J connectivity index is 2.12. The highest BCUT2D eigenvalue weighted by Gasteiger charge is 2.01. The van der Waals surface area contributed by atoms with Crippen LogP contribution in [0.2, 0.25) is 0 Å². The van der Waals surface area contributed by atoms with Gasteiger partial charge in [-0.1, -0.05) is 19.1 Å². The average molecular weight is 245 g/mol. The van der Waals surface area contributed by atoms with E-state index in [0.29, 0.717) is 5.69 Å². The Bertz CT molecular complexity index is 514. The Hall–Kier alpha value is -2.10. The lowest BCUT2D eigenvalue weighted by atomic mass is 10.3. The molecule has 1 aromatic heterocycles. The molecule has 18 heavy (non-hydrogen) atoms. The van der Waals surface area contributed by atoms with Gasteiger partial charge in [0.15, 0.2) is 0 Å². The Labute approximate surface area is 106 Å². The largest absolute Gasteiger partial charge is 0.370 e. The van der Waals surface area contributed by atoms with E-state index in [1.807, 2.05) is 12.1 Å². The van der Waals surface area contributed by atoms with Gasteiger partial charge in [-0.3, -0.25) is 0 Å². The van der Waals surface area contributed by atoms with E-state index >= 15 is 0 Å². The second kappa shape index (κ2) is 6.00. The molecule has 0 radical (unpaired) electrons. The Morgan fingerprint density at radius 3 is 2.83 bits per heavy atom. The molecule has 2 rings (SSSR count). The molecule has 2 aromatic rings. The summed E-state index contributed by atoms with van der Waals surface area (Å²) in [4.78, 5) is 4.20. The van der Waals surface area contributed by atoms with Crippen molar-refractivity contribution >= 4 is 17.2 Å². The molecule has 0 fully saturated rings. The summed E-state index contributed by atoms with van der Waals surface area (Å²) in [7, 11) is 0. The molecule has 0 bridgehead atoms. The van der Waals surface area contributed by atoms with Crippen LogP contribution < -0.4 is 10.6 Å². The highest BCUT2D eigenvalue weighted by Crippen LogP contribution is 2.20. The molecule has 0 aliphatic rings. The fraction of sp³-hybridized carbons (Fsp3) is 0.214. The van der Waals surface area contributed by atoms with Crippen molar-refractivity contribution in [2.45, 2.75) is 13.3 Å². The third-order valence-electron chi connectivity index (χ3n) is 2.47. The molecule has 0 aliphatic heterocycles. The van der Waals surface area contributed by atoms with Crippen LogP contribution in [0.25, 0.3) is 0 Å². The molecule has 1 aromatic carbocycles. The summed E-state index contributed by atoms with van der Waals surface area (Å²) in [5.74, 6) is 0.524. The first-order valence-electron chi connectivity index (χ1n) is 6.01. The zero-order valence-electron chi connectivity index (χ0n) is 10.3. The molecule has 3 nitrogen and oxygen atoms in total. The number of hydrogen-bond donors (Lipinski definition) is 2. The maximum atomic E-state index is 13.5. The first kappa shape index (κ1) is 12.4. The third kappa shape index (κ3) is 3.20. The van der Waals surface area contributed by atoms with Crippen LogP contribution in [0.15, 0.2) is 42.6 Å². The van der Waals surface area contributed by atoms with Crippen LogP contribution in [-0.2, 0) is 0 Å². The lowest BCUT2D eigenvalue weighted by molar-refractivity contribution is 0.632. The lowest BCUT2D eigenvalue weighted by Crippen LogP contribution is -2.02. The molecule has 0 unspecified atom stereocenters. The van der Waals surface area contributed by atoms with Gasteiger partial charge in [0.25, 0.3) is 0 Å². The van der Waals surface area contributed by atoms with Gasteiger partial charge in [-0.15, -0.1) is 0 Å². The lowest BCUT2D eigenvalue weighted by Gasteiger charge is -2.09. The predicted molar refractivity (Wildman–Crippen MR) is 72.7 cm³/mol. The Morgan fingerprint density at radius 2 is 2.06 bits per heavy atom. The van der Waals surface area contributed by atoms with Crippen molar-refractivity contribution in [3.8, 4) is 0 Å². The van der Waals surface area contributed by atoms with Gasteiger partial charge in [-0.2, -0.15) is 0 Å². The molecule has 0 amide bonds. The van der Waals surface area contributed by atoms with Gasteiger partial charge in [0.05, 0.1) is 5.69 Å². The smallest absolute Gasteiger partial charge is 0.146 e. The van der Waals surface area contributed by atoms with E-state index in [2.05, 4.69) is 22.5 Å². The molecular formula is C14H16FN3. The summed E-state index contributed by atoms with van der Waals surface area (Å²) in [6.07, 6.45) is 2.73. The van der Waals surface area contributed by atoms with Gasteiger partial charge in [-0.25, -0.2) is 9.37 Å². The molecule has 0 saturated heterocycles. The molecule has 0 aliphatic carbocycles. The van der Waals surface area contributed by atoms with Crippen molar-refractivity contribution in [1.29, 1.82) is 0 Å². The molecule has 4 heteroatoms. The number of anilines is 3. The summed E-state index contributed by atoms with van der Waals surface area (Å²) >= 11 is 0. The number of para-hydroxylation sites is 1. The first-order valence-corrected chi connectivity index (χ1v) is 6.01. The van der Waals surface area contributed by atoms with E-state index in [1.54, 1.807) is 24.4 Å². The van der Waals surface area contributed by atoms with Crippen molar-refractivity contribution in [2.24, 2.45) is 0 Å². The Morgan fingerprint density at radius 1 is 1.22 bits per heavy atom. The monoisotopic (exact) mass is 245 g/mol. The zero-order chi connectivity index (χ0) is 12.8. The number of aromatic nitrogens is 1.